The molecule has 0 aromatic carbocycles. The van der Waals surface area contributed by atoms with Crippen LogP contribution in [0, 0.1) is 0 Å². The monoisotopic (exact) mass is 251 g/mol. The summed E-state index contributed by atoms with van der Waals surface area (Å²) in [5.74, 6) is -0.00857. The molecule has 0 spiro atoms. The molecule has 0 aliphatic rings. The number of aliphatic hydroxyl groups excluding tert-OH is 1. The molecule has 100 valence electrons. The van der Waals surface area contributed by atoms with Gasteiger partial charge in [0.25, 0.3) is 5.91 Å². The SMILES string of the molecule is CNc1cnccc1C(=O)N(C)CCCCCO. The second-order valence-corrected chi connectivity index (χ2v) is 4.18. The molecule has 0 saturated heterocycles. The Bertz CT molecular complexity index is 382. The number of amides is 1. The molecule has 0 aliphatic carbocycles. The summed E-state index contributed by atoms with van der Waals surface area (Å²) in [7, 11) is 3.57. The fraction of sp³-hybridized carbons (Fsp3) is 0.538. The molecule has 1 heterocycles. The smallest absolute Gasteiger partial charge is 0.255 e. The van der Waals surface area contributed by atoms with Gasteiger partial charge in [-0.15, -0.1) is 0 Å². The minimum absolute atomic E-state index is 0.00857. The summed E-state index contributed by atoms with van der Waals surface area (Å²) in [6, 6.07) is 1.72. The topological polar surface area (TPSA) is 65.5 Å². The molecule has 0 radical (unpaired) electrons. The van der Waals surface area contributed by atoms with Gasteiger partial charge in [-0.1, -0.05) is 0 Å². The van der Waals surface area contributed by atoms with Crippen molar-refractivity contribution < 1.29 is 9.90 Å². The molecule has 5 heteroatoms. The Morgan fingerprint density at radius 2 is 2.22 bits per heavy atom. The summed E-state index contributed by atoms with van der Waals surface area (Å²) < 4.78 is 0. The highest BCUT2D eigenvalue weighted by atomic mass is 16.2. The van der Waals surface area contributed by atoms with E-state index in [0.717, 1.165) is 24.9 Å². The van der Waals surface area contributed by atoms with E-state index in [1.807, 2.05) is 0 Å². The first-order valence-electron chi connectivity index (χ1n) is 6.18. The molecule has 1 rings (SSSR count). The number of carbonyl (C=O) groups is 1. The number of pyridine rings is 1. The normalized spacial score (nSPS) is 10.2. The van der Waals surface area contributed by atoms with E-state index in [-0.39, 0.29) is 12.5 Å². The number of nitrogens with zero attached hydrogens (tertiary/aromatic N) is 2. The quantitative estimate of drug-likeness (QED) is 0.718. The van der Waals surface area contributed by atoms with Crippen molar-refractivity contribution >= 4 is 11.6 Å². The first kappa shape index (κ1) is 14.4. The molecule has 0 fully saturated rings. The van der Waals surface area contributed by atoms with Gasteiger partial charge < -0.3 is 15.3 Å². The van der Waals surface area contributed by atoms with E-state index < -0.39 is 0 Å². The standard InChI is InChI=1S/C13H21N3O2/c1-14-12-10-15-7-6-11(12)13(18)16(2)8-4-3-5-9-17/h6-7,10,14,17H,3-5,8-9H2,1-2H3. The third-order valence-electron chi connectivity index (χ3n) is 2.82. The van der Waals surface area contributed by atoms with Crippen LogP contribution in [0.4, 0.5) is 5.69 Å². The Kier molecular flexibility index (Phi) is 6.14. The summed E-state index contributed by atoms with van der Waals surface area (Å²) in [4.78, 5) is 17.9. The number of carbonyl (C=O) groups excluding carboxylic acids is 1. The van der Waals surface area contributed by atoms with Crippen LogP contribution in [0.3, 0.4) is 0 Å². The maximum atomic E-state index is 12.2. The molecular formula is C13H21N3O2. The first-order chi connectivity index (χ1) is 8.70. The van der Waals surface area contributed by atoms with Crippen LogP contribution in [-0.4, -0.2) is 48.1 Å². The van der Waals surface area contributed by atoms with Gasteiger partial charge in [0, 0.05) is 33.4 Å². The highest BCUT2D eigenvalue weighted by Gasteiger charge is 2.14. The number of rotatable bonds is 7. The lowest BCUT2D eigenvalue weighted by molar-refractivity contribution is 0.0793. The number of hydrogen-bond acceptors (Lipinski definition) is 4. The van der Waals surface area contributed by atoms with Crippen molar-refractivity contribution in [1.82, 2.24) is 9.88 Å². The summed E-state index contributed by atoms with van der Waals surface area (Å²) in [5, 5.41) is 11.7. The highest BCUT2D eigenvalue weighted by molar-refractivity contribution is 5.99. The molecule has 0 unspecified atom stereocenters. The fourth-order valence-electron chi connectivity index (χ4n) is 1.72. The molecule has 0 aliphatic heterocycles. The number of unbranched alkanes of at least 4 members (excludes halogenated alkanes) is 2. The molecule has 0 atom stereocenters. The van der Waals surface area contributed by atoms with Crippen molar-refractivity contribution in [3.63, 3.8) is 0 Å². The third-order valence-corrected chi connectivity index (χ3v) is 2.82. The van der Waals surface area contributed by atoms with E-state index in [4.69, 9.17) is 5.11 Å². The van der Waals surface area contributed by atoms with Crippen molar-refractivity contribution in [3.8, 4) is 0 Å². The lowest BCUT2D eigenvalue weighted by Gasteiger charge is -2.18. The van der Waals surface area contributed by atoms with Crippen molar-refractivity contribution in [2.24, 2.45) is 0 Å². The average Bonchev–Trinajstić information content (AvgIpc) is 2.42. The summed E-state index contributed by atoms with van der Waals surface area (Å²) in [6.45, 7) is 0.913. The van der Waals surface area contributed by atoms with E-state index in [1.165, 1.54) is 0 Å². The number of nitrogens with one attached hydrogen (secondary N) is 1. The summed E-state index contributed by atoms with van der Waals surface area (Å²) in [6.07, 6.45) is 5.89. The van der Waals surface area contributed by atoms with E-state index in [2.05, 4.69) is 10.3 Å². The lowest BCUT2D eigenvalue weighted by atomic mass is 10.2. The fourth-order valence-corrected chi connectivity index (χ4v) is 1.72. The minimum Gasteiger partial charge on any atom is -0.396 e. The maximum Gasteiger partial charge on any atom is 0.255 e. The average molecular weight is 251 g/mol. The van der Waals surface area contributed by atoms with E-state index in [1.54, 1.807) is 37.5 Å². The van der Waals surface area contributed by atoms with Crippen LogP contribution in [0.25, 0.3) is 0 Å². The molecule has 0 saturated carbocycles. The van der Waals surface area contributed by atoms with Gasteiger partial charge in [-0.05, 0) is 25.3 Å². The zero-order valence-electron chi connectivity index (χ0n) is 11.0. The molecule has 5 nitrogen and oxygen atoms in total. The van der Waals surface area contributed by atoms with Crippen LogP contribution < -0.4 is 5.32 Å². The molecule has 1 aromatic heterocycles. The van der Waals surface area contributed by atoms with Gasteiger partial charge in [0.05, 0.1) is 17.4 Å². The van der Waals surface area contributed by atoms with Crippen LogP contribution in [0.1, 0.15) is 29.6 Å². The lowest BCUT2D eigenvalue weighted by Crippen LogP contribution is -2.28. The van der Waals surface area contributed by atoms with Crippen LogP contribution in [0.5, 0.6) is 0 Å². The van der Waals surface area contributed by atoms with Gasteiger partial charge in [-0.25, -0.2) is 0 Å². The Labute approximate surface area is 108 Å². The molecule has 2 N–H and O–H groups in total. The van der Waals surface area contributed by atoms with Crippen molar-refractivity contribution in [2.45, 2.75) is 19.3 Å². The largest absolute Gasteiger partial charge is 0.396 e. The van der Waals surface area contributed by atoms with Crippen LogP contribution in [-0.2, 0) is 0 Å². The Morgan fingerprint density at radius 1 is 1.44 bits per heavy atom. The molecule has 1 aromatic rings. The van der Waals surface area contributed by atoms with Gasteiger partial charge >= 0.3 is 0 Å². The van der Waals surface area contributed by atoms with E-state index in [9.17, 15) is 4.79 Å². The van der Waals surface area contributed by atoms with Crippen LogP contribution >= 0.6 is 0 Å². The predicted molar refractivity (Wildman–Crippen MR) is 71.7 cm³/mol. The van der Waals surface area contributed by atoms with Gasteiger partial charge in [0.15, 0.2) is 0 Å². The second kappa shape index (κ2) is 7.66. The third kappa shape index (κ3) is 4.00. The summed E-state index contributed by atoms with van der Waals surface area (Å²) >= 11 is 0. The van der Waals surface area contributed by atoms with Crippen molar-refractivity contribution in [3.05, 3.63) is 24.0 Å². The second-order valence-electron chi connectivity index (χ2n) is 4.18. The molecular weight excluding hydrogens is 230 g/mol. The van der Waals surface area contributed by atoms with E-state index in [0.29, 0.717) is 12.1 Å². The number of aliphatic hydroxyl groups is 1. The zero-order chi connectivity index (χ0) is 13.4. The molecule has 1 amide bonds. The number of aromatic nitrogens is 1. The first-order valence-corrected chi connectivity index (χ1v) is 6.18. The molecule has 0 bridgehead atoms. The van der Waals surface area contributed by atoms with Gasteiger partial charge in [-0.3, -0.25) is 9.78 Å². The Balaban J connectivity index is 2.57. The van der Waals surface area contributed by atoms with Crippen LogP contribution in [0.15, 0.2) is 18.5 Å². The van der Waals surface area contributed by atoms with E-state index >= 15 is 0 Å². The Morgan fingerprint density at radius 3 is 2.89 bits per heavy atom. The zero-order valence-corrected chi connectivity index (χ0v) is 11.0. The predicted octanol–water partition coefficient (Wildman–Crippen LogP) is 1.36. The van der Waals surface area contributed by atoms with Crippen molar-refractivity contribution in [1.29, 1.82) is 0 Å². The number of anilines is 1. The summed E-state index contributed by atoms with van der Waals surface area (Å²) in [5.41, 5.74) is 1.38. The maximum absolute atomic E-state index is 12.2. The number of hydrogen-bond donors (Lipinski definition) is 2. The minimum atomic E-state index is -0.00857. The van der Waals surface area contributed by atoms with Gasteiger partial charge in [-0.2, -0.15) is 0 Å². The highest BCUT2D eigenvalue weighted by Crippen LogP contribution is 2.14. The molecule has 18 heavy (non-hydrogen) atoms. The van der Waals surface area contributed by atoms with Gasteiger partial charge in [0.1, 0.15) is 0 Å². The van der Waals surface area contributed by atoms with Crippen LogP contribution in [0.2, 0.25) is 0 Å². The Hall–Kier alpha value is -1.62. The van der Waals surface area contributed by atoms with Gasteiger partial charge in [0.2, 0.25) is 0 Å². The van der Waals surface area contributed by atoms with Crippen molar-refractivity contribution in [2.75, 3.05) is 32.6 Å².